The Hall–Kier alpha value is -3.22. The molecule has 2 rings (SSSR count). The van der Waals surface area contributed by atoms with Crippen LogP contribution >= 0.6 is 0 Å². The van der Waals surface area contributed by atoms with E-state index in [-0.39, 0.29) is 24.8 Å². The second-order valence-electron chi connectivity index (χ2n) is 6.05. The first kappa shape index (κ1) is 20.1. The standard InChI is InChI=1S/C20H21FN2O4/c1-22-20(27)16-4-2-3-14(11-16)7-10-18(24)23(13-19(25)26)12-15-5-8-17(21)9-6-15/h2-6,8-9,11H,7,10,12-13H2,1H3,(H,22,27)(H,25,26). The Morgan fingerprint density at radius 1 is 1.07 bits per heavy atom. The molecule has 6 nitrogen and oxygen atoms in total. The van der Waals surface area contributed by atoms with Crippen molar-refractivity contribution in [2.24, 2.45) is 0 Å². The summed E-state index contributed by atoms with van der Waals surface area (Å²) in [6.07, 6.45) is 0.481. The molecule has 7 heteroatoms. The molecule has 2 N–H and O–H groups in total. The number of benzene rings is 2. The molecular weight excluding hydrogens is 351 g/mol. The first-order valence-electron chi connectivity index (χ1n) is 8.44. The summed E-state index contributed by atoms with van der Waals surface area (Å²) in [5, 5.41) is 11.6. The van der Waals surface area contributed by atoms with Crippen LogP contribution in [0.25, 0.3) is 0 Å². The van der Waals surface area contributed by atoms with Crippen molar-refractivity contribution in [3.05, 3.63) is 71.0 Å². The fraction of sp³-hybridized carbons (Fsp3) is 0.250. The Labute approximate surface area is 156 Å². The molecular formula is C20H21FN2O4. The Bertz CT molecular complexity index is 821. The molecule has 0 saturated carbocycles. The highest BCUT2D eigenvalue weighted by atomic mass is 19.1. The molecule has 2 aromatic rings. The summed E-state index contributed by atoms with van der Waals surface area (Å²) in [6.45, 7) is -0.349. The van der Waals surface area contributed by atoms with Gasteiger partial charge in [-0.1, -0.05) is 24.3 Å². The van der Waals surface area contributed by atoms with Gasteiger partial charge < -0.3 is 15.3 Å². The molecule has 0 unspecified atom stereocenters. The van der Waals surface area contributed by atoms with E-state index in [4.69, 9.17) is 5.11 Å². The summed E-state index contributed by atoms with van der Waals surface area (Å²) < 4.78 is 13.0. The van der Waals surface area contributed by atoms with Gasteiger partial charge in [0.2, 0.25) is 5.91 Å². The van der Waals surface area contributed by atoms with E-state index in [2.05, 4.69) is 5.32 Å². The first-order chi connectivity index (χ1) is 12.9. The van der Waals surface area contributed by atoms with E-state index in [0.29, 0.717) is 17.5 Å². The number of hydrogen-bond donors (Lipinski definition) is 2. The van der Waals surface area contributed by atoms with Crippen LogP contribution in [0.3, 0.4) is 0 Å². The second-order valence-corrected chi connectivity index (χ2v) is 6.05. The van der Waals surface area contributed by atoms with E-state index in [1.54, 1.807) is 24.3 Å². The van der Waals surface area contributed by atoms with Crippen molar-refractivity contribution in [1.82, 2.24) is 10.2 Å². The third-order valence-electron chi connectivity index (χ3n) is 4.01. The topological polar surface area (TPSA) is 86.7 Å². The van der Waals surface area contributed by atoms with Crippen LogP contribution in [0.4, 0.5) is 4.39 Å². The van der Waals surface area contributed by atoms with Gasteiger partial charge in [0.1, 0.15) is 12.4 Å². The minimum atomic E-state index is -1.12. The number of aliphatic carboxylic acids is 1. The molecule has 27 heavy (non-hydrogen) atoms. The highest BCUT2D eigenvalue weighted by Gasteiger charge is 2.17. The van der Waals surface area contributed by atoms with E-state index >= 15 is 0 Å². The highest BCUT2D eigenvalue weighted by molar-refractivity contribution is 5.94. The number of rotatable bonds is 8. The van der Waals surface area contributed by atoms with Gasteiger partial charge in [-0.3, -0.25) is 14.4 Å². The maximum absolute atomic E-state index is 13.0. The third-order valence-corrected chi connectivity index (χ3v) is 4.01. The fourth-order valence-corrected chi connectivity index (χ4v) is 2.63. The number of carbonyl (C=O) groups is 3. The Morgan fingerprint density at radius 2 is 1.78 bits per heavy atom. The third kappa shape index (κ3) is 6.22. The Balaban J connectivity index is 2.04. The van der Waals surface area contributed by atoms with Crippen LogP contribution in [0.15, 0.2) is 48.5 Å². The second kappa shape index (κ2) is 9.47. The van der Waals surface area contributed by atoms with Gasteiger partial charge in [-0.15, -0.1) is 0 Å². The zero-order valence-electron chi connectivity index (χ0n) is 14.9. The van der Waals surface area contributed by atoms with E-state index in [1.807, 2.05) is 0 Å². The number of halogens is 1. The number of carboxylic acids is 1. The molecule has 142 valence electrons. The lowest BCUT2D eigenvalue weighted by molar-refractivity contribution is -0.144. The lowest BCUT2D eigenvalue weighted by Gasteiger charge is -2.21. The average molecular weight is 372 g/mol. The van der Waals surface area contributed by atoms with Gasteiger partial charge in [0, 0.05) is 25.6 Å². The van der Waals surface area contributed by atoms with Gasteiger partial charge in [0.25, 0.3) is 5.91 Å². The van der Waals surface area contributed by atoms with Gasteiger partial charge in [0.05, 0.1) is 0 Å². The fourth-order valence-electron chi connectivity index (χ4n) is 2.63. The normalized spacial score (nSPS) is 10.3. The van der Waals surface area contributed by atoms with Gasteiger partial charge >= 0.3 is 5.97 Å². The maximum Gasteiger partial charge on any atom is 0.323 e. The van der Waals surface area contributed by atoms with Crippen LogP contribution in [-0.2, 0) is 22.6 Å². The van der Waals surface area contributed by atoms with Crippen LogP contribution < -0.4 is 5.32 Å². The van der Waals surface area contributed by atoms with Gasteiger partial charge in [0.15, 0.2) is 0 Å². The molecule has 0 aromatic heterocycles. The highest BCUT2D eigenvalue weighted by Crippen LogP contribution is 2.12. The monoisotopic (exact) mass is 372 g/mol. The van der Waals surface area contributed by atoms with Crippen molar-refractivity contribution >= 4 is 17.8 Å². The molecule has 0 fully saturated rings. The van der Waals surface area contributed by atoms with Crippen molar-refractivity contribution in [3.63, 3.8) is 0 Å². The molecule has 0 atom stereocenters. The van der Waals surface area contributed by atoms with Gasteiger partial charge in [-0.25, -0.2) is 4.39 Å². The van der Waals surface area contributed by atoms with Crippen LogP contribution in [0.5, 0.6) is 0 Å². The SMILES string of the molecule is CNC(=O)c1cccc(CCC(=O)N(CC(=O)O)Cc2ccc(F)cc2)c1. The quantitative estimate of drug-likeness (QED) is 0.744. The molecule has 2 aromatic carbocycles. The lowest BCUT2D eigenvalue weighted by atomic mass is 10.1. The predicted octanol–water partition coefficient (Wildman–Crippen LogP) is 2.23. The molecule has 0 radical (unpaired) electrons. The van der Waals surface area contributed by atoms with Crippen LogP contribution in [0.1, 0.15) is 27.9 Å². The Kier molecular flexibility index (Phi) is 7.05. The maximum atomic E-state index is 13.0. The molecule has 0 aliphatic heterocycles. The van der Waals surface area contributed by atoms with E-state index in [0.717, 1.165) is 5.56 Å². The van der Waals surface area contributed by atoms with E-state index < -0.39 is 18.3 Å². The number of aryl methyl sites for hydroxylation is 1. The van der Waals surface area contributed by atoms with E-state index in [9.17, 15) is 18.8 Å². The first-order valence-corrected chi connectivity index (χ1v) is 8.44. The summed E-state index contributed by atoms with van der Waals surface area (Å²) in [5.74, 6) is -2.06. The minimum Gasteiger partial charge on any atom is -0.480 e. The van der Waals surface area contributed by atoms with Crippen molar-refractivity contribution < 1.29 is 23.9 Å². The van der Waals surface area contributed by atoms with Gasteiger partial charge in [-0.05, 0) is 41.8 Å². The largest absolute Gasteiger partial charge is 0.480 e. The molecule has 0 bridgehead atoms. The van der Waals surface area contributed by atoms with Crippen molar-refractivity contribution in [3.8, 4) is 0 Å². The molecule has 0 aliphatic carbocycles. The number of nitrogens with one attached hydrogen (secondary N) is 1. The average Bonchev–Trinajstić information content (AvgIpc) is 2.66. The van der Waals surface area contributed by atoms with Crippen molar-refractivity contribution in [1.29, 1.82) is 0 Å². The molecule has 0 aliphatic rings. The van der Waals surface area contributed by atoms with Crippen molar-refractivity contribution in [2.45, 2.75) is 19.4 Å². The molecule has 0 heterocycles. The zero-order chi connectivity index (χ0) is 19.8. The number of hydrogen-bond acceptors (Lipinski definition) is 3. The summed E-state index contributed by atoms with van der Waals surface area (Å²) in [6, 6.07) is 12.5. The molecule has 0 saturated heterocycles. The summed E-state index contributed by atoms with van der Waals surface area (Å²) in [4.78, 5) is 36.5. The molecule has 0 spiro atoms. The smallest absolute Gasteiger partial charge is 0.323 e. The summed E-state index contributed by atoms with van der Waals surface area (Å²) >= 11 is 0. The van der Waals surface area contributed by atoms with Crippen LogP contribution in [0, 0.1) is 5.82 Å². The van der Waals surface area contributed by atoms with Crippen LogP contribution in [-0.4, -0.2) is 41.4 Å². The number of carbonyl (C=O) groups excluding carboxylic acids is 2. The summed E-state index contributed by atoms with van der Waals surface area (Å²) in [5.41, 5.74) is 1.95. The minimum absolute atomic E-state index is 0.0870. The number of nitrogens with zero attached hydrogens (tertiary/aromatic N) is 1. The number of amides is 2. The zero-order valence-corrected chi connectivity index (χ0v) is 14.9. The van der Waals surface area contributed by atoms with Gasteiger partial charge in [-0.2, -0.15) is 0 Å². The summed E-state index contributed by atoms with van der Waals surface area (Å²) in [7, 11) is 1.54. The predicted molar refractivity (Wildman–Crippen MR) is 97.6 cm³/mol. The Morgan fingerprint density at radius 3 is 2.41 bits per heavy atom. The lowest BCUT2D eigenvalue weighted by Crippen LogP contribution is -2.35. The molecule has 2 amide bonds. The van der Waals surface area contributed by atoms with Crippen molar-refractivity contribution in [2.75, 3.05) is 13.6 Å². The number of carboxylic acid groups (broad SMARTS) is 1. The van der Waals surface area contributed by atoms with Crippen LogP contribution in [0.2, 0.25) is 0 Å². The van der Waals surface area contributed by atoms with E-state index in [1.165, 1.54) is 36.2 Å².